The van der Waals surface area contributed by atoms with Crippen molar-refractivity contribution < 1.29 is 0 Å². The van der Waals surface area contributed by atoms with Crippen LogP contribution >= 0.6 is 15.9 Å². The minimum absolute atomic E-state index is 0.137. The Morgan fingerprint density at radius 2 is 2.00 bits per heavy atom. The number of benzene rings is 1. The summed E-state index contributed by atoms with van der Waals surface area (Å²) < 4.78 is 1.16. The third kappa shape index (κ3) is 2.95. The second-order valence-electron chi connectivity index (χ2n) is 6.21. The van der Waals surface area contributed by atoms with Crippen LogP contribution in [0.4, 0.5) is 0 Å². The molecule has 0 aromatic heterocycles. The molecule has 2 N–H and O–H groups in total. The van der Waals surface area contributed by atoms with Gasteiger partial charge in [0.15, 0.2) is 0 Å². The van der Waals surface area contributed by atoms with Gasteiger partial charge in [0.2, 0.25) is 0 Å². The van der Waals surface area contributed by atoms with Crippen molar-refractivity contribution in [2.75, 3.05) is 13.1 Å². The van der Waals surface area contributed by atoms with Gasteiger partial charge in [-0.2, -0.15) is 0 Å². The molecule has 2 nitrogen and oxygen atoms in total. The Labute approximate surface area is 119 Å². The van der Waals surface area contributed by atoms with Gasteiger partial charge < -0.3 is 5.73 Å². The molecule has 0 aliphatic carbocycles. The quantitative estimate of drug-likeness (QED) is 0.924. The smallest absolute Gasteiger partial charge is 0.0507 e. The molecular weight excluding hydrogens is 288 g/mol. The summed E-state index contributed by atoms with van der Waals surface area (Å²) in [6.45, 7) is 9.05. The van der Waals surface area contributed by atoms with Crippen LogP contribution in [0.2, 0.25) is 0 Å². The van der Waals surface area contributed by atoms with Crippen LogP contribution < -0.4 is 5.73 Å². The second kappa shape index (κ2) is 5.32. The van der Waals surface area contributed by atoms with Crippen LogP contribution in [0.25, 0.3) is 0 Å². The summed E-state index contributed by atoms with van der Waals surface area (Å²) >= 11 is 3.66. The largest absolute Gasteiger partial charge is 0.326 e. The molecule has 0 spiro atoms. The Morgan fingerprint density at radius 1 is 1.33 bits per heavy atom. The average molecular weight is 311 g/mol. The van der Waals surface area contributed by atoms with Crippen LogP contribution in [0.15, 0.2) is 28.7 Å². The molecule has 1 aliphatic rings. The first-order chi connectivity index (χ1) is 8.41. The van der Waals surface area contributed by atoms with Gasteiger partial charge in [0, 0.05) is 17.1 Å². The molecule has 18 heavy (non-hydrogen) atoms. The van der Waals surface area contributed by atoms with E-state index in [-0.39, 0.29) is 6.04 Å². The first kappa shape index (κ1) is 14.0. The van der Waals surface area contributed by atoms with Gasteiger partial charge in [-0.15, -0.1) is 0 Å². The van der Waals surface area contributed by atoms with E-state index in [4.69, 9.17) is 5.73 Å². The van der Waals surface area contributed by atoms with Crippen molar-refractivity contribution >= 4 is 15.9 Å². The Morgan fingerprint density at radius 3 is 2.50 bits per heavy atom. The summed E-state index contributed by atoms with van der Waals surface area (Å²) in [7, 11) is 0. The lowest BCUT2D eigenvalue weighted by atomic mass is 9.93. The van der Waals surface area contributed by atoms with Crippen molar-refractivity contribution in [1.82, 2.24) is 4.90 Å². The van der Waals surface area contributed by atoms with Gasteiger partial charge in [-0.25, -0.2) is 0 Å². The summed E-state index contributed by atoms with van der Waals surface area (Å²) in [5.74, 6) is 0. The third-order valence-electron chi connectivity index (χ3n) is 3.82. The number of rotatable bonds is 3. The topological polar surface area (TPSA) is 29.3 Å². The molecule has 1 saturated heterocycles. The molecule has 2 rings (SSSR count). The number of nitrogens with two attached hydrogens (primary N) is 1. The van der Waals surface area contributed by atoms with Crippen molar-refractivity contribution in [3.05, 3.63) is 34.3 Å². The molecule has 1 heterocycles. The predicted octanol–water partition coefficient (Wildman–Crippen LogP) is 3.57. The van der Waals surface area contributed by atoms with Gasteiger partial charge in [-0.1, -0.05) is 48.0 Å². The summed E-state index contributed by atoms with van der Waals surface area (Å²) in [6.07, 6.45) is 1.25. The fourth-order valence-corrected chi connectivity index (χ4v) is 3.44. The van der Waals surface area contributed by atoms with Gasteiger partial charge in [0.05, 0.1) is 6.04 Å². The van der Waals surface area contributed by atoms with E-state index in [1.54, 1.807) is 0 Å². The zero-order valence-electron chi connectivity index (χ0n) is 11.5. The highest BCUT2D eigenvalue weighted by atomic mass is 79.9. The predicted molar refractivity (Wildman–Crippen MR) is 80.5 cm³/mol. The van der Waals surface area contributed by atoms with Gasteiger partial charge in [0.1, 0.15) is 0 Å². The molecule has 2 atom stereocenters. The minimum atomic E-state index is 0.137. The summed E-state index contributed by atoms with van der Waals surface area (Å²) in [4.78, 5) is 2.53. The average Bonchev–Trinajstić information content (AvgIpc) is 2.61. The Hall–Kier alpha value is -0.380. The molecule has 0 amide bonds. The number of nitrogens with zero attached hydrogens (tertiary/aromatic N) is 1. The minimum Gasteiger partial charge on any atom is -0.326 e. The van der Waals surface area contributed by atoms with Crippen LogP contribution in [0, 0.1) is 5.41 Å². The first-order valence-corrected chi connectivity index (χ1v) is 7.44. The highest BCUT2D eigenvalue weighted by Crippen LogP contribution is 2.37. The summed E-state index contributed by atoms with van der Waals surface area (Å²) in [5.41, 5.74) is 7.96. The molecule has 1 aromatic rings. The molecule has 1 aliphatic heterocycles. The lowest BCUT2D eigenvalue weighted by Crippen LogP contribution is -2.39. The Bertz CT molecular complexity index is 415. The van der Waals surface area contributed by atoms with E-state index in [0.717, 1.165) is 17.6 Å². The van der Waals surface area contributed by atoms with E-state index in [1.807, 2.05) is 0 Å². The van der Waals surface area contributed by atoms with Crippen molar-refractivity contribution in [1.29, 1.82) is 0 Å². The molecular formula is C15H23BrN2. The van der Waals surface area contributed by atoms with Gasteiger partial charge in [0.25, 0.3) is 0 Å². The van der Waals surface area contributed by atoms with Crippen LogP contribution in [-0.2, 0) is 0 Å². The molecule has 2 unspecified atom stereocenters. The SMILES string of the molecule is CC(N)C(c1ccccc1Br)N1CCC(C)(C)C1. The highest BCUT2D eigenvalue weighted by Gasteiger charge is 2.35. The molecule has 1 fully saturated rings. The third-order valence-corrected chi connectivity index (χ3v) is 4.54. The molecule has 100 valence electrons. The van der Waals surface area contributed by atoms with Crippen molar-refractivity contribution in [2.45, 2.75) is 39.3 Å². The van der Waals surface area contributed by atoms with Crippen molar-refractivity contribution in [3.63, 3.8) is 0 Å². The number of halogens is 1. The Balaban J connectivity index is 2.28. The van der Waals surface area contributed by atoms with Crippen molar-refractivity contribution in [2.24, 2.45) is 11.1 Å². The van der Waals surface area contributed by atoms with Crippen molar-refractivity contribution in [3.8, 4) is 0 Å². The van der Waals surface area contributed by atoms with Crippen LogP contribution in [0.3, 0.4) is 0 Å². The lowest BCUT2D eigenvalue weighted by Gasteiger charge is -2.33. The van der Waals surface area contributed by atoms with Gasteiger partial charge >= 0.3 is 0 Å². The van der Waals surface area contributed by atoms with E-state index in [2.05, 4.69) is 65.9 Å². The van der Waals surface area contributed by atoms with Crippen LogP contribution in [0.5, 0.6) is 0 Å². The fraction of sp³-hybridized carbons (Fsp3) is 0.600. The fourth-order valence-electron chi connectivity index (χ4n) is 2.92. The molecule has 3 heteroatoms. The highest BCUT2D eigenvalue weighted by molar-refractivity contribution is 9.10. The Kier molecular flexibility index (Phi) is 4.15. The molecule has 0 radical (unpaired) electrons. The van der Waals surface area contributed by atoms with E-state index in [0.29, 0.717) is 11.5 Å². The summed E-state index contributed by atoms with van der Waals surface area (Å²) in [5, 5.41) is 0. The molecule has 0 saturated carbocycles. The first-order valence-electron chi connectivity index (χ1n) is 6.65. The van der Waals surface area contributed by atoms with Crippen LogP contribution in [0.1, 0.15) is 38.8 Å². The van der Waals surface area contributed by atoms with E-state index < -0.39 is 0 Å². The van der Waals surface area contributed by atoms with Crippen LogP contribution in [-0.4, -0.2) is 24.0 Å². The van der Waals surface area contributed by atoms with E-state index >= 15 is 0 Å². The normalized spacial score (nSPS) is 22.9. The number of likely N-dealkylation sites (tertiary alicyclic amines) is 1. The maximum absolute atomic E-state index is 6.24. The van der Waals surface area contributed by atoms with Gasteiger partial charge in [-0.3, -0.25) is 4.90 Å². The summed E-state index contributed by atoms with van der Waals surface area (Å²) in [6, 6.07) is 8.88. The lowest BCUT2D eigenvalue weighted by molar-refractivity contribution is 0.196. The standard InChI is InChI=1S/C15H23BrN2/c1-11(17)14(12-6-4-5-7-13(12)16)18-9-8-15(2,3)10-18/h4-7,11,14H,8-10,17H2,1-3H3. The molecule has 0 bridgehead atoms. The maximum Gasteiger partial charge on any atom is 0.0507 e. The maximum atomic E-state index is 6.24. The molecule has 1 aromatic carbocycles. The van der Waals surface area contributed by atoms with E-state index in [9.17, 15) is 0 Å². The zero-order valence-corrected chi connectivity index (χ0v) is 13.1. The van der Waals surface area contributed by atoms with Gasteiger partial charge in [-0.05, 0) is 36.9 Å². The van der Waals surface area contributed by atoms with E-state index in [1.165, 1.54) is 12.0 Å². The number of hydrogen-bond acceptors (Lipinski definition) is 2. The monoisotopic (exact) mass is 310 g/mol. The number of hydrogen-bond donors (Lipinski definition) is 1. The zero-order chi connectivity index (χ0) is 13.3. The second-order valence-corrected chi connectivity index (χ2v) is 7.06.